The predicted molar refractivity (Wildman–Crippen MR) is 67.5 cm³/mol. The van der Waals surface area contributed by atoms with Gasteiger partial charge in [-0.05, 0) is 12.0 Å². The van der Waals surface area contributed by atoms with E-state index in [9.17, 15) is 14.7 Å². The zero-order valence-corrected chi connectivity index (χ0v) is 10.6. The molecule has 0 fully saturated rings. The van der Waals surface area contributed by atoms with Crippen molar-refractivity contribution in [2.24, 2.45) is 0 Å². The molecule has 1 aromatic rings. The van der Waals surface area contributed by atoms with Gasteiger partial charge in [-0.3, -0.25) is 0 Å². The van der Waals surface area contributed by atoms with Crippen LogP contribution in [-0.2, 0) is 16.1 Å². The first-order valence-corrected chi connectivity index (χ1v) is 5.92. The normalized spacial score (nSPS) is 13.4. The fourth-order valence-electron chi connectivity index (χ4n) is 1.45. The number of hydrogen-bond donors (Lipinski definition) is 3. The number of nitrogens with one attached hydrogen (secondary N) is 1. The average Bonchev–Trinajstić information content (AvgIpc) is 2.42. The van der Waals surface area contributed by atoms with Gasteiger partial charge in [-0.1, -0.05) is 37.3 Å². The molecule has 1 aromatic carbocycles. The summed E-state index contributed by atoms with van der Waals surface area (Å²) in [6.45, 7) is 1.67. The number of ether oxygens (including phenoxy) is 1. The first kappa shape index (κ1) is 15.0. The van der Waals surface area contributed by atoms with Crippen LogP contribution in [0, 0.1) is 0 Å². The van der Waals surface area contributed by atoms with Gasteiger partial charge in [-0.2, -0.15) is 0 Å². The summed E-state index contributed by atoms with van der Waals surface area (Å²) in [4.78, 5) is 22.3. The topological polar surface area (TPSA) is 95.9 Å². The molecule has 0 saturated carbocycles. The van der Waals surface area contributed by atoms with Crippen LogP contribution in [0.2, 0.25) is 0 Å². The fourth-order valence-corrected chi connectivity index (χ4v) is 1.45. The lowest BCUT2D eigenvalue weighted by atomic mass is 10.1. The standard InChI is InChI=1S/C13H17NO5/c1-2-10(15)11(12(16)17)14-13(18)19-8-9-6-4-3-5-7-9/h3-7,10-11,15H,2,8H2,1H3,(H,14,18)(H,16,17). The molecule has 0 aromatic heterocycles. The number of rotatable bonds is 6. The number of carboxylic acid groups (broad SMARTS) is 1. The van der Waals surface area contributed by atoms with E-state index in [1.54, 1.807) is 31.2 Å². The Morgan fingerprint density at radius 1 is 1.32 bits per heavy atom. The highest BCUT2D eigenvalue weighted by molar-refractivity contribution is 5.80. The minimum atomic E-state index is -1.37. The van der Waals surface area contributed by atoms with Gasteiger partial charge in [0, 0.05) is 0 Å². The zero-order valence-electron chi connectivity index (χ0n) is 10.6. The Hall–Kier alpha value is -2.08. The van der Waals surface area contributed by atoms with Gasteiger partial charge in [0.2, 0.25) is 0 Å². The maximum Gasteiger partial charge on any atom is 0.408 e. The van der Waals surface area contributed by atoms with E-state index in [0.29, 0.717) is 0 Å². The van der Waals surface area contributed by atoms with Crippen molar-refractivity contribution < 1.29 is 24.5 Å². The van der Waals surface area contributed by atoms with Crippen LogP contribution in [0.3, 0.4) is 0 Å². The molecular formula is C13H17NO5. The molecule has 3 N–H and O–H groups in total. The summed E-state index contributed by atoms with van der Waals surface area (Å²) >= 11 is 0. The molecule has 6 nitrogen and oxygen atoms in total. The maximum absolute atomic E-state index is 11.4. The number of aliphatic hydroxyl groups excluding tert-OH is 1. The number of benzene rings is 1. The second kappa shape index (κ2) is 7.38. The first-order valence-electron chi connectivity index (χ1n) is 5.92. The van der Waals surface area contributed by atoms with Crippen molar-refractivity contribution in [1.29, 1.82) is 0 Å². The van der Waals surface area contributed by atoms with Gasteiger partial charge in [-0.25, -0.2) is 9.59 Å². The van der Waals surface area contributed by atoms with E-state index >= 15 is 0 Å². The number of amides is 1. The zero-order chi connectivity index (χ0) is 14.3. The van der Waals surface area contributed by atoms with Gasteiger partial charge in [0.1, 0.15) is 6.61 Å². The van der Waals surface area contributed by atoms with E-state index in [1.165, 1.54) is 0 Å². The Balaban J connectivity index is 2.47. The highest BCUT2D eigenvalue weighted by Crippen LogP contribution is 2.03. The highest BCUT2D eigenvalue weighted by atomic mass is 16.5. The van der Waals surface area contributed by atoms with Crippen molar-refractivity contribution in [1.82, 2.24) is 5.32 Å². The highest BCUT2D eigenvalue weighted by Gasteiger charge is 2.27. The molecule has 0 saturated heterocycles. The number of aliphatic hydroxyl groups is 1. The number of aliphatic carboxylic acids is 1. The largest absolute Gasteiger partial charge is 0.480 e. The van der Waals surface area contributed by atoms with Crippen LogP contribution in [0.4, 0.5) is 4.79 Å². The molecule has 0 bridgehead atoms. The lowest BCUT2D eigenvalue weighted by molar-refractivity contribution is -0.142. The van der Waals surface area contributed by atoms with Crippen molar-refractivity contribution in [2.75, 3.05) is 0 Å². The first-order chi connectivity index (χ1) is 9.04. The third-order valence-corrected chi connectivity index (χ3v) is 2.56. The van der Waals surface area contributed by atoms with Crippen LogP contribution in [0.5, 0.6) is 0 Å². The van der Waals surface area contributed by atoms with Crippen LogP contribution in [0.15, 0.2) is 30.3 Å². The third-order valence-electron chi connectivity index (χ3n) is 2.56. The van der Waals surface area contributed by atoms with Crippen molar-refractivity contribution in [3.63, 3.8) is 0 Å². The summed E-state index contributed by atoms with van der Waals surface area (Å²) in [5.74, 6) is -1.30. The number of hydrogen-bond acceptors (Lipinski definition) is 4. The molecule has 104 valence electrons. The molecule has 1 amide bonds. The Kier molecular flexibility index (Phi) is 5.81. The van der Waals surface area contributed by atoms with Crippen molar-refractivity contribution in [2.45, 2.75) is 32.1 Å². The summed E-state index contributed by atoms with van der Waals surface area (Å²) < 4.78 is 4.88. The van der Waals surface area contributed by atoms with Gasteiger partial charge in [0.25, 0.3) is 0 Å². The predicted octanol–water partition coefficient (Wildman–Crippen LogP) is 1.14. The van der Waals surface area contributed by atoms with E-state index in [4.69, 9.17) is 9.84 Å². The van der Waals surface area contributed by atoms with Crippen LogP contribution in [0.25, 0.3) is 0 Å². The molecular weight excluding hydrogens is 250 g/mol. The minimum absolute atomic E-state index is 0.0429. The number of carbonyl (C=O) groups excluding carboxylic acids is 1. The molecule has 0 radical (unpaired) electrons. The van der Waals surface area contributed by atoms with Crippen LogP contribution in [0.1, 0.15) is 18.9 Å². The summed E-state index contributed by atoms with van der Waals surface area (Å²) in [6, 6.07) is 7.63. The number of carboxylic acids is 1. The average molecular weight is 267 g/mol. The van der Waals surface area contributed by atoms with E-state index < -0.39 is 24.2 Å². The molecule has 6 heteroatoms. The van der Waals surface area contributed by atoms with E-state index in [0.717, 1.165) is 5.56 Å². The van der Waals surface area contributed by atoms with Crippen molar-refractivity contribution in [3.05, 3.63) is 35.9 Å². The molecule has 19 heavy (non-hydrogen) atoms. The Bertz CT molecular complexity index is 420. The molecule has 0 heterocycles. The van der Waals surface area contributed by atoms with Gasteiger partial charge >= 0.3 is 12.1 Å². The molecule has 0 spiro atoms. The van der Waals surface area contributed by atoms with Crippen LogP contribution in [-0.4, -0.2) is 34.4 Å². The monoisotopic (exact) mass is 267 g/mol. The van der Waals surface area contributed by atoms with Crippen molar-refractivity contribution in [3.8, 4) is 0 Å². The Morgan fingerprint density at radius 3 is 2.47 bits per heavy atom. The van der Waals surface area contributed by atoms with Crippen molar-refractivity contribution >= 4 is 12.1 Å². The number of carbonyl (C=O) groups is 2. The Morgan fingerprint density at radius 2 is 1.95 bits per heavy atom. The molecule has 0 aliphatic rings. The smallest absolute Gasteiger partial charge is 0.408 e. The number of alkyl carbamates (subject to hydrolysis) is 1. The summed E-state index contributed by atoms with van der Waals surface area (Å²) in [5.41, 5.74) is 0.792. The summed E-state index contributed by atoms with van der Waals surface area (Å²) in [6.07, 6.45) is -1.80. The van der Waals surface area contributed by atoms with Gasteiger partial charge in [-0.15, -0.1) is 0 Å². The molecule has 0 aliphatic heterocycles. The van der Waals surface area contributed by atoms with Gasteiger partial charge in [0.05, 0.1) is 6.10 Å². The molecule has 2 unspecified atom stereocenters. The third kappa shape index (κ3) is 4.97. The Labute approximate surface area is 111 Å². The summed E-state index contributed by atoms with van der Waals surface area (Å²) in [5, 5.41) is 20.5. The van der Waals surface area contributed by atoms with Crippen LogP contribution < -0.4 is 5.32 Å². The van der Waals surface area contributed by atoms with Gasteiger partial charge < -0.3 is 20.3 Å². The van der Waals surface area contributed by atoms with E-state index in [2.05, 4.69) is 5.32 Å². The minimum Gasteiger partial charge on any atom is -0.480 e. The maximum atomic E-state index is 11.4. The second-order valence-corrected chi connectivity index (χ2v) is 4.00. The van der Waals surface area contributed by atoms with Gasteiger partial charge in [0.15, 0.2) is 6.04 Å². The molecule has 0 aliphatic carbocycles. The lowest BCUT2D eigenvalue weighted by Gasteiger charge is -2.18. The van der Waals surface area contributed by atoms with E-state index in [1.807, 2.05) is 6.07 Å². The summed E-state index contributed by atoms with van der Waals surface area (Å²) in [7, 11) is 0. The van der Waals surface area contributed by atoms with Crippen LogP contribution >= 0.6 is 0 Å². The molecule has 1 rings (SSSR count). The SMILES string of the molecule is CCC(O)C(NC(=O)OCc1ccccc1)C(=O)O. The quantitative estimate of drug-likeness (QED) is 0.718. The lowest BCUT2D eigenvalue weighted by Crippen LogP contribution is -2.48. The fraction of sp³-hybridized carbons (Fsp3) is 0.385. The van der Waals surface area contributed by atoms with E-state index in [-0.39, 0.29) is 13.0 Å². The molecule has 2 atom stereocenters. The second-order valence-electron chi connectivity index (χ2n) is 4.00.